The van der Waals surface area contributed by atoms with Gasteiger partial charge < -0.3 is 19.9 Å². The van der Waals surface area contributed by atoms with Crippen LogP contribution < -0.4 is 20.3 Å². The van der Waals surface area contributed by atoms with Crippen molar-refractivity contribution in [2.24, 2.45) is 0 Å². The van der Waals surface area contributed by atoms with E-state index in [0.717, 1.165) is 66.7 Å². The van der Waals surface area contributed by atoms with Crippen molar-refractivity contribution in [2.45, 2.75) is 42.3 Å². The zero-order valence-corrected chi connectivity index (χ0v) is 29.9. The summed E-state index contributed by atoms with van der Waals surface area (Å²) < 4.78 is 30.2. The third kappa shape index (κ3) is 8.45. The maximum atomic E-state index is 13.2. The van der Waals surface area contributed by atoms with Crippen molar-refractivity contribution in [3.05, 3.63) is 83.7 Å². The highest BCUT2D eigenvalue weighted by Gasteiger charge is 2.40. The van der Waals surface area contributed by atoms with Crippen LogP contribution >= 0.6 is 23.4 Å². The van der Waals surface area contributed by atoms with Crippen molar-refractivity contribution in [2.75, 3.05) is 48.7 Å². The number of hydrogen-bond acceptors (Lipinski definition) is 10. The third-order valence-electron chi connectivity index (χ3n) is 9.35. The van der Waals surface area contributed by atoms with E-state index in [-0.39, 0.29) is 24.0 Å². The molecule has 1 unspecified atom stereocenters. The number of halogens is 3. The number of rotatable bonds is 12. The van der Waals surface area contributed by atoms with Crippen LogP contribution in [0.4, 0.5) is 20.3 Å². The van der Waals surface area contributed by atoms with Gasteiger partial charge in [-0.05, 0) is 79.2 Å². The van der Waals surface area contributed by atoms with E-state index in [1.807, 2.05) is 18.2 Å². The minimum Gasteiger partial charge on any atom is -0.420 e. The number of anilines is 2. The topological polar surface area (TPSA) is 153 Å². The molecule has 53 heavy (non-hydrogen) atoms. The summed E-state index contributed by atoms with van der Waals surface area (Å²) >= 11 is 6.54. The van der Waals surface area contributed by atoms with Crippen molar-refractivity contribution < 1.29 is 32.7 Å². The Hall–Kier alpha value is -5.06. The number of ether oxygens (including phenoxy) is 1. The first kappa shape index (κ1) is 36.3. The number of aromatic amines is 1. The number of carbonyl (C=O) groups excluding carboxylic acids is 4. The van der Waals surface area contributed by atoms with E-state index < -0.39 is 23.4 Å². The molecule has 0 spiro atoms. The van der Waals surface area contributed by atoms with Crippen molar-refractivity contribution in [1.29, 1.82) is 0 Å². The Labute approximate surface area is 312 Å². The fourth-order valence-electron chi connectivity index (χ4n) is 6.73. The minimum absolute atomic E-state index is 0.148. The molecule has 2 fully saturated rings. The summed E-state index contributed by atoms with van der Waals surface area (Å²) in [5, 5.41) is 12.2. The summed E-state index contributed by atoms with van der Waals surface area (Å²) in [6.07, 6.45) is 4.64. The molecular weight excluding hydrogens is 730 g/mol. The number of piperidine rings is 1. The van der Waals surface area contributed by atoms with Crippen LogP contribution in [0.1, 0.15) is 45.5 Å². The first-order valence-electron chi connectivity index (χ1n) is 17.1. The maximum Gasteiger partial charge on any atom is 0.487 e. The van der Waals surface area contributed by atoms with E-state index in [2.05, 4.69) is 35.4 Å². The molecule has 4 amide bonds. The monoisotopic (exact) mass is 764 g/mol. The number of imide groups is 1. The Morgan fingerprint density at radius 1 is 1.06 bits per heavy atom. The lowest BCUT2D eigenvalue weighted by Gasteiger charge is -2.36. The number of hydrogen-bond donors (Lipinski definition) is 3. The van der Waals surface area contributed by atoms with Gasteiger partial charge in [0.1, 0.15) is 17.6 Å². The van der Waals surface area contributed by atoms with Gasteiger partial charge >= 0.3 is 5.57 Å². The number of nitrogens with one attached hydrogen (secondary N) is 3. The van der Waals surface area contributed by atoms with Crippen LogP contribution in [0.3, 0.4) is 0 Å². The molecule has 0 bridgehead atoms. The zero-order valence-electron chi connectivity index (χ0n) is 28.3. The molecule has 2 aromatic carbocycles. The number of aromatic nitrogens is 3. The number of nitrogens with zero attached hydrogens (tertiary/aromatic N) is 5. The van der Waals surface area contributed by atoms with Gasteiger partial charge in [-0.2, -0.15) is 5.10 Å². The standard InChI is InChI=1S/C36H35ClF2N8O5S/c37-36(38,39)52-24-7-5-23(6-8-24)42-33(49)22-19-26(28-11-12-41-44-28)32(40-20-22)46-16-14-45(15-17-46)13-2-18-53-30-4-1-3-25-27(30)21-47(35(25)51)29-9-10-31(48)43-34(29)50/h1,3-8,11-12,19-20,29H,2,9-10,13-18,21H2,(H,41,44)(H,42,49)(H,43,48,50). The molecule has 2 aromatic heterocycles. The Morgan fingerprint density at radius 2 is 1.85 bits per heavy atom. The highest BCUT2D eigenvalue weighted by Crippen LogP contribution is 2.35. The van der Waals surface area contributed by atoms with Crippen LogP contribution in [-0.2, 0) is 16.1 Å². The van der Waals surface area contributed by atoms with Crippen molar-refractivity contribution in [3.63, 3.8) is 0 Å². The molecule has 0 aliphatic carbocycles. The molecule has 3 N–H and O–H groups in total. The van der Waals surface area contributed by atoms with E-state index >= 15 is 0 Å². The quantitative estimate of drug-likeness (QED) is 0.0782. The number of alkyl halides is 3. The number of pyridine rings is 1. The molecule has 5 heterocycles. The Balaban J connectivity index is 0.921. The van der Waals surface area contributed by atoms with Gasteiger partial charge in [-0.25, -0.2) is 4.98 Å². The van der Waals surface area contributed by atoms with Crippen LogP contribution in [0.5, 0.6) is 5.75 Å². The average molecular weight is 765 g/mol. The van der Waals surface area contributed by atoms with Gasteiger partial charge in [0.2, 0.25) is 11.8 Å². The molecule has 7 rings (SSSR count). The van der Waals surface area contributed by atoms with Gasteiger partial charge in [-0.3, -0.25) is 34.5 Å². The summed E-state index contributed by atoms with van der Waals surface area (Å²) in [7, 11) is 0. The highest BCUT2D eigenvalue weighted by molar-refractivity contribution is 7.99. The van der Waals surface area contributed by atoms with Crippen molar-refractivity contribution >= 4 is 58.5 Å². The third-order valence-corrected chi connectivity index (χ3v) is 10.6. The number of thioether (sulfide) groups is 1. The lowest BCUT2D eigenvalue weighted by Crippen LogP contribution is -2.52. The summed E-state index contributed by atoms with van der Waals surface area (Å²) in [6, 6.07) is 14.0. The summed E-state index contributed by atoms with van der Waals surface area (Å²) in [4.78, 5) is 62.3. The number of carbonyl (C=O) groups is 4. The van der Waals surface area contributed by atoms with E-state index in [1.165, 1.54) is 30.5 Å². The number of piperazine rings is 1. The van der Waals surface area contributed by atoms with Crippen LogP contribution in [0, 0.1) is 0 Å². The number of fused-ring (bicyclic) bond motifs is 1. The summed E-state index contributed by atoms with van der Waals surface area (Å²) in [6.45, 7) is 4.36. The second-order valence-electron chi connectivity index (χ2n) is 12.8. The van der Waals surface area contributed by atoms with Crippen LogP contribution in [0.2, 0.25) is 0 Å². The fourth-order valence-corrected chi connectivity index (χ4v) is 7.83. The SMILES string of the molecule is O=C1CCC(N2Cc3c(SCCCN4CCN(c5ncc(C(=O)Nc6ccc(OC(F)(F)Cl)cc6)cc5-c5ccn[nH]5)CC4)cccc3C2=O)C(=O)N1. The summed E-state index contributed by atoms with van der Waals surface area (Å²) in [5.74, 6) is 0.123. The van der Waals surface area contributed by atoms with E-state index in [9.17, 15) is 28.0 Å². The minimum atomic E-state index is -3.84. The molecule has 1 atom stereocenters. The molecule has 3 aliphatic heterocycles. The largest absolute Gasteiger partial charge is 0.487 e. The molecule has 4 aromatic rings. The normalized spacial score (nSPS) is 17.9. The van der Waals surface area contributed by atoms with Crippen LogP contribution in [0.25, 0.3) is 11.3 Å². The number of H-pyrrole nitrogens is 1. The predicted molar refractivity (Wildman–Crippen MR) is 194 cm³/mol. The second kappa shape index (κ2) is 15.5. The van der Waals surface area contributed by atoms with Crippen molar-refractivity contribution in [3.8, 4) is 17.0 Å². The van der Waals surface area contributed by atoms with Crippen LogP contribution in [0.15, 0.2) is 71.9 Å². The number of benzene rings is 2. The lowest BCUT2D eigenvalue weighted by atomic mass is 10.0. The first-order valence-corrected chi connectivity index (χ1v) is 18.4. The lowest BCUT2D eigenvalue weighted by molar-refractivity contribution is -0.136. The Morgan fingerprint density at radius 3 is 2.57 bits per heavy atom. The smallest absolute Gasteiger partial charge is 0.420 e. The van der Waals surface area contributed by atoms with E-state index in [0.29, 0.717) is 35.5 Å². The molecule has 3 aliphatic rings. The van der Waals surface area contributed by atoms with Gasteiger partial charge in [0.25, 0.3) is 11.8 Å². The molecule has 0 radical (unpaired) electrons. The molecular formula is C36H35ClF2N8O5S. The molecule has 2 saturated heterocycles. The zero-order chi connectivity index (χ0) is 37.1. The van der Waals surface area contributed by atoms with Crippen LogP contribution in [-0.4, -0.2) is 98.7 Å². The molecule has 276 valence electrons. The average Bonchev–Trinajstić information content (AvgIpc) is 3.79. The maximum absolute atomic E-state index is 13.2. The Bertz CT molecular complexity index is 2010. The molecule has 0 saturated carbocycles. The van der Waals surface area contributed by atoms with Crippen molar-refractivity contribution in [1.82, 2.24) is 30.3 Å². The Kier molecular flexibility index (Phi) is 10.6. The van der Waals surface area contributed by atoms with Gasteiger partial charge in [0.05, 0.1) is 11.3 Å². The molecule has 17 heteroatoms. The fraction of sp³-hybridized carbons (Fsp3) is 0.333. The van der Waals surface area contributed by atoms with E-state index in [4.69, 9.17) is 16.6 Å². The highest BCUT2D eigenvalue weighted by atomic mass is 35.5. The van der Waals surface area contributed by atoms with E-state index in [1.54, 1.807) is 35.0 Å². The predicted octanol–water partition coefficient (Wildman–Crippen LogP) is 4.96. The molecule has 13 nitrogen and oxygen atoms in total. The number of amides is 4. The van der Waals surface area contributed by atoms with Gasteiger partial charge in [-0.1, -0.05) is 6.07 Å². The second-order valence-corrected chi connectivity index (χ2v) is 14.4. The van der Waals surface area contributed by atoms with Gasteiger partial charge in [0, 0.05) is 84.8 Å². The van der Waals surface area contributed by atoms with Gasteiger partial charge in [-0.15, -0.1) is 20.5 Å². The van der Waals surface area contributed by atoms with Gasteiger partial charge in [0.15, 0.2) is 0 Å². The summed E-state index contributed by atoms with van der Waals surface area (Å²) in [5.41, 5.74) is -0.175. The first-order chi connectivity index (χ1) is 25.5.